The molecule has 0 rings (SSSR count). The summed E-state index contributed by atoms with van der Waals surface area (Å²) in [5.74, 6) is -5.78. The number of carbonyl (C=O) groups excluding carboxylic acids is 5. The fourth-order valence-electron chi connectivity index (χ4n) is 2.42. The molecule has 0 aromatic rings. The van der Waals surface area contributed by atoms with E-state index in [0.717, 1.165) is 0 Å². The molecule has 0 aliphatic carbocycles. The van der Waals surface area contributed by atoms with Gasteiger partial charge in [-0.1, -0.05) is 20.3 Å². The van der Waals surface area contributed by atoms with Gasteiger partial charge in [0.15, 0.2) is 0 Å². The molecule has 0 aromatic carbocycles. The summed E-state index contributed by atoms with van der Waals surface area (Å²) in [6.45, 7) is 2.96. The Morgan fingerprint density at radius 3 is 1.93 bits per heavy atom. The maximum atomic E-state index is 12.7. The van der Waals surface area contributed by atoms with Gasteiger partial charge in [0.1, 0.15) is 18.1 Å². The Labute approximate surface area is 173 Å². The van der Waals surface area contributed by atoms with Gasteiger partial charge >= 0.3 is 5.97 Å². The van der Waals surface area contributed by atoms with Crippen LogP contribution in [0.5, 0.6) is 0 Å². The Balaban J connectivity index is 5.44. The van der Waals surface area contributed by atoms with Crippen LogP contribution in [0.1, 0.15) is 39.5 Å². The van der Waals surface area contributed by atoms with Gasteiger partial charge in [0.2, 0.25) is 29.5 Å². The minimum Gasteiger partial charge on any atom is -0.480 e. The van der Waals surface area contributed by atoms with Crippen LogP contribution >= 0.6 is 0 Å². The van der Waals surface area contributed by atoms with Gasteiger partial charge in [0, 0.05) is 6.42 Å². The second-order valence-corrected chi connectivity index (χ2v) is 6.77. The summed E-state index contributed by atoms with van der Waals surface area (Å²) in [6.07, 6.45) is -0.576. The lowest BCUT2D eigenvalue weighted by molar-refractivity contribution is -0.143. The van der Waals surface area contributed by atoms with Gasteiger partial charge in [-0.05, 0) is 12.3 Å². The Morgan fingerprint density at radius 2 is 1.50 bits per heavy atom. The molecular weight excluding hydrogens is 400 g/mol. The van der Waals surface area contributed by atoms with Gasteiger partial charge < -0.3 is 38.3 Å². The van der Waals surface area contributed by atoms with Crippen molar-refractivity contribution >= 4 is 35.5 Å². The fourth-order valence-corrected chi connectivity index (χ4v) is 2.42. The van der Waals surface area contributed by atoms with E-state index in [4.69, 9.17) is 17.2 Å². The van der Waals surface area contributed by atoms with E-state index in [1.54, 1.807) is 13.8 Å². The Hall–Kier alpha value is -3.22. The molecule has 0 fully saturated rings. The third kappa shape index (κ3) is 9.82. The summed E-state index contributed by atoms with van der Waals surface area (Å²) in [5.41, 5.74) is 15.3. The van der Waals surface area contributed by atoms with E-state index in [0.29, 0.717) is 6.42 Å². The van der Waals surface area contributed by atoms with E-state index in [-0.39, 0.29) is 12.8 Å². The third-order valence-electron chi connectivity index (χ3n) is 4.33. The number of carbonyl (C=O) groups is 6. The first kappa shape index (κ1) is 26.8. The van der Waals surface area contributed by atoms with Gasteiger partial charge in [-0.2, -0.15) is 0 Å². The van der Waals surface area contributed by atoms with Crippen molar-refractivity contribution in [2.75, 3.05) is 6.54 Å². The number of rotatable bonds is 14. The largest absolute Gasteiger partial charge is 0.480 e. The smallest absolute Gasteiger partial charge is 0.326 e. The molecule has 0 bridgehead atoms. The van der Waals surface area contributed by atoms with Crippen LogP contribution < -0.4 is 33.2 Å². The lowest BCUT2D eigenvalue weighted by Crippen LogP contribution is -2.58. The van der Waals surface area contributed by atoms with Gasteiger partial charge in [-0.3, -0.25) is 24.0 Å². The molecule has 170 valence electrons. The number of nitrogens with one attached hydrogen (secondary N) is 3. The molecule has 0 aromatic heterocycles. The number of carboxylic acid groups (broad SMARTS) is 1. The summed E-state index contributed by atoms with van der Waals surface area (Å²) in [6, 6.07) is -3.93. The Kier molecular flexibility index (Phi) is 11.7. The van der Waals surface area contributed by atoms with E-state index < -0.39 is 72.5 Å². The van der Waals surface area contributed by atoms with Crippen LogP contribution in [0, 0.1) is 5.92 Å². The molecule has 0 spiro atoms. The van der Waals surface area contributed by atoms with Crippen molar-refractivity contribution in [3.05, 3.63) is 0 Å². The molecule has 13 nitrogen and oxygen atoms in total. The lowest BCUT2D eigenvalue weighted by Gasteiger charge is -2.27. The first-order valence-corrected chi connectivity index (χ1v) is 9.32. The van der Waals surface area contributed by atoms with Crippen molar-refractivity contribution in [3.63, 3.8) is 0 Å². The first-order valence-electron chi connectivity index (χ1n) is 9.32. The predicted octanol–water partition coefficient (Wildman–Crippen LogP) is -3.33. The van der Waals surface area contributed by atoms with E-state index in [1.807, 2.05) is 0 Å². The molecule has 30 heavy (non-hydrogen) atoms. The van der Waals surface area contributed by atoms with Crippen molar-refractivity contribution in [1.82, 2.24) is 16.0 Å². The van der Waals surface area contributed by atoms with Crippen molar-refractivity contribution in [2.45, 2.75) is 57.7 Å². The van der Waals surface area contributed by atoms with Crippen molar-refractivity contribution in [1.29, 1.82) is 0 Å². The van der Waals surface area contributed by atoms with Crippen LogP contribution in [0.4, 0.5) is 0 Å². The van der Waals surface area contributed by atoms with Gasteiger partial charge in [-0.15, -0.1) is 0 Å². The van der Waals surface area contributed by atoms with E-state index in [1.165, 1.54) is 0 Å². The van der Waals surface area contributed by atoms with Crippen molar-refractivity contribution in [3.8, 4) is 0 Å². The van der Waals surface area contributed by atoms with Crippen molar-refractivity contribution in [2.24, 2.45) is 23.1 Å². The molecule has 10 N–H and O–H groups in total. The maximum absolute atomic E-state index is 12.7. The average molecular weight is 430 g/mol. The number of nitrogens with two attached hydrogens (primary N) is 3. The third-order valence-corrected chi connectivity index (χ3v) is 4.33. The molecule has 5 amide bonds. The summed E-state index contributed by atoms with van der Waals surface area (Å²) in [4.78, 5) is 70.2. The Morgan fingerprint density at radius 1 is 0.900 bits per heavy atom. The SMILES string of the molecule is CCC(C)C(NC(=O)C(CC(N)=O)NC(=O)CN)C(=O)NC(CCC(N)=O)C(=O)O. The molecule has 0 radical (unpaired) electrons. The summed E-state index contributed by atoms with van der Waals surface area (Å²) in [7, 11) is 0. The average Bonchev–Trinajstić information content (AvgIpc) is 2.66. The molecule has 0 heterocycles. The van der Waals surface area contributed by atoms with Crippen LogP contribution in [-0.4, -0.2) is 65.3 Å². The molecule has 0 saturated heterocycles. The van der Waals surface area contributed by atoms with Crippen LogP contribution in [0.15, 0.2) is 0 Å². The predicted molar refractivity (Wildman–Crippen MR) is 104 cm³/mol. The zero-order valence-corrected chi connectivity index (χ0v) is 17.0. The molecule has 0 aliphatic heterocycles. The van der Waals surface area contributed by atoms with Crippen LogP contribution in [0.2, 0.25) is 0 Å². The van der Waals surface area contributed by atoms with Crippen LogP contribution in [-0.2, 0) is 28.8 Å². The molecule has 0 saturated carbocycles. The summed E-state index contributed by atoms with van der Waals surface area (Å²) >= 11 is 0. The quantitative estimate of drug-likeness (QED) is 0.147. The Bertz CT molecular complexity index is 669. The van der Waals surface area contributed by atoms with Gasteiger partial charge in [-0.25, -0.2) is 4.79 Å². The second-order valence-electron chi connectivity index (χ2n) is 6.77. The van der Waals surface area contributed by atoms with E-state index in [2.05, 4.69) is 16.0 Å². The zero-order chi connectivity index (χ0) is 23.4. The number of aliphatic carboxylic acids is 1. The molecule has 0 aliphatic rings. The highest BCUT2D eigenvalue weighted by Gasteiger charge is 2.32. The highest BCUT2D eigenvalue weighted by atomic mass is 16.4. The minimum absolute atomic E-state index is 0.228. The standard InChI is InChI=1S/C17H30N6O7/c1-3-8(2)14(16(28)22-9(17(29)30)4-5-11(19)24)23-15(27)10(6-12(20)25)21-13(26)7-18/h8-10,14H,3-7,18H2,1-2H3,(H2,19,24)(H2,20,25)(H,21,26)(H,22,28)(H,23,27)(H,29,30). The van der Waals surface area contributed by atoms with E-state index in [9.17, 15) is 33.9 Å². The highest BCUT2D eigenvalue weighted by molar-refractivity contribution is 5.95. The van der Waals surface area contributed by atoms with Gasteiger partial charge in [0.25, 0.3) is 0 Å². The van der Waals surface area contributed by atoms with Crippen LogP contribution in [0.25, 0.3) is 0 Å². The molecule has 13 heteroatoms. The molecular formula is C17H30N6O7. The number of amides is 5. The maximum Gasteiger partial charge on any atom is 0.326 e. The number of hydrogen-bond acceptors (Lipinski definition) is 7. The first-order chi connectivity index (χ1) is 13.9. The minimum atomic E-state index is -1.40. The normalized spacial score (nSPS) is 14.5. The zero-order valence-electron chi connectivity index (χ0n) is 17.0. The highest BCUT2D eigenvalue weighted by Crippen LogP contribution is 2.10. The number of primary amides is 2. The fraction of sp³-hybridized carbons (Fsp3) is 0.647. The molecule has 4 unspecified atom stereocenters. The van der Waals surface area contributed by atoms with E-state index >= 15 is 0 Å². The van der Waals surface area contributed by atoms with Crippen LogP contribution in [0.3, 0.4) is 0 Å². The number of hydrogen-bond donors (Lipinski definition) is 7. The van der Waals surface area contributed by atoms with Gasteiger partial charge in [0.05, 0.1) is 13.0 Å². The second kappa shape index (κ2) is 13.1. The lowest BCUT2D eigenvalue weighted by atomic mass is 9.97. The topological polar surface area (TPSA) is 237 Å². The van der Waals surface area contributed by atoms with Crippen molar-refractivity contribution < 1.29 is 33.9 Å². The summed E-state index contributed by atoms with van der Waals surface area (Å²) < 4.78 is 0. The molecule has 4 atom stereocenters. The monoisotopic (exact) mass is 430 g/mol. The summed E-state index contributed by atoms with van der Waals surface area (Å²) in [5, 5.41) is 16.2. The number of carboxylic acids is 1.